The van der Waals surface area contributed by atoms with Gasteiger partial charge in [0.2, 0.25) is 11.8 Å². The number of ether oxygens (including phenoxy) is 1. The van der Waals surface area contributed by atoms with Crippen LogP contribution >= 0.6 is 0 Å². The van der Waals surface area contributed by atoms with Gasteiger partial charge in [0.05, 0.1) is 0 Å². The van der Waals surface area contributed by atoms with Crippen LogP contribution in [-0.2, 0) is 14.3 Å². The highest BCUT2D eigenvalue weighted by Crippen LogP contribution is 2.35. The Kier molecular flexibility index (Phi) is 5.02. The van der Waals surface area contributed by atoms with E-state index in [9.17, 15) is 9.59 Å². The van der Waals surface area contributed by atoms with Crippen molar-refractivity contribution in [3.8, 4) is 0 Å². The molecule has 0 radical (unpaired) electrons. The van der Waals surface area contributed by atoms with E-state index in [0.29, 0.717) is 25.0 Å². The van der Waals surface area contributed by atoms with E-state index in [1.165, 1.54) is 0 Å². The van der Waals surface area contributed by atoms with Gasteiger partial charge in [0.1, 0.15) is 12.1 Å². The van der Waals surface area contributed by atoms with E-state index in [2.05, 4.69) is 19.2 Å². The Morgan fingerprint density at radius 2 is 2.05 bits per heavy atom. The van der Waals surface area contributed by atoms with Gasteiger partial charge in [-0.15, -0.1) is 0 Å². The molecule has 0 bridgehead atoms. The molecule has 2 unspecified atom stereocenters. The SMILES string of the molecule is CC(C)COCCCN1C(=O)C(C2CC2)NC(=O)C1C. The van der Waals surface area contributed by atoms with Gasteiger partial charge in [-0.05, 0) is 38.0 Å². The maximum absolute atomic E-state index is 12.4. The zero-order valence-corrected chi connectivity index (χ0v) is 12.7. The van der Waals surface area contributed by atoms with Crippen molar-refractivity contribution in [2.24, 2.45) is 11.8 Å². The molecule has 0 aromatic carbocycles. The highest BCUT2D eigenvalue weighted by molar-refractivity contribution is 5.97. The Hall–Kier alpha value is -1.10. The van der Waals surface area contributed by atoms with Crippen molar-refractivity contribution in [3.63, 3.8) is 0 Å². The molecule has 1 heterocycles. The summed E-state index contributed by atoms with van der Waals surface area (Å²) < 4.78 is 5.53. The molecule has 0 spiro atoms. The Bertz CT molecular complexity index is 366. The molecule has 114 valence electrons. The molecule has 2 rings (SSSR count). The first kappa shape index (κ1) is 15.3. The molecule has 5 nitrogen and oxygen atoms in total. The highest BCUT2D eigenvalue weighted by atomic mass is 16.5. The second-order valence-corrected chi connectivity index (χ2v) is 6.35. The quantitative estimate of drug-likeness (QED) is 0.713. The van der Waals surface area contributed by atoms with Crippen molar-refractivity contribution >= 4 is 11.8 Å². The molecule has 2 aliphatic rings. The van der Waals surface area contributed by atoms with Gasteiger partial charge >= 0.3 is 0 Å². The smallest absolute Gasteiger partial charge is 0.246 e. The molecule has 5 heteroatoms. The third kappa shape index (κ3) is 3.72. The monoisotopic (exact) mass is 282 g/mol. The van der Waals surface area contributed by atoms with E-state index < -0.39 is 0 Å². The van der Waals surface area contributed by atoms with Crippen LogP contribution in [0.4, 0.5) is 0 Å². The van der Waals surface area contributed by atoms with Gasteiger partial charge in [-0.3, -0.25) is 9.59 Å². The first-order chi connectivity index (χ1) is 9.50. The predicted molar refractivity (Wildman–Crippen MR) is 76.1 cm³/mol. The Balaban J connectivity index is 1.81. The van der Waals surface area contributed by atoms with Crippen LogP contribution in [-0.4, -0.2) is 48.6 Å². The number of nitrogens with one attached hydrogen (secondary N) is 1. The van der Waals surface area contributed by atoms with E-state index in [1.54, 1.807) is 11.8 Å². The minimum Gasteiger partial charge on any atom is -0.381 e. The van der Waals surface area contributed by atoms with E-state index in [4.69, 9.17) is 4.74 Å². The summed E-state index contributed by atoms with van der Waals surface area (Å²) in [5.41, 5.74) is 0. The predicted octanol–water partition coefficient (Wildman–Crippen LogP) is 1.17. The van der Waals surface area contributed by atoms with Gasteiger partial charge in [0, 0.05) is 19.8 Å². The van der Waals surface area contributed by atoms with Crippen LogP contribution in [0.5, 0.6) is 0 Å². The lowest BCUT2D eigenvalue weighted by atomic mass is 10.0. The van der Waals surface area contributed by atoms with E-state index in [0.717, 1.165) is 25.9 Å². The fourth-order valence-electron chi connectivity index (χ4n) is 2.56. The van der Waals surface area contributed by atoms with Crippen LogP contribution in [0.2, 0.25) is 0 Å². The Morgan fingerprint density at radius 1 is 1.35 bits per heavy atom. The highest BCUT2D eigenvalue weighted by Gasteiger charge is 2.45. The largest absolute Gasteiger partial charge is 0.381 e. The minimum atomic E-state index is -0.359. The fourth-order valence-corrected chi connectivity index (χ4v) is 2.56. The molecule has 0 aromatic heterocycles. The summed E-state index contributed by atoms with van der Waals surface area (Å²) in [4.78, 5) is 26.1. The van der Waals surface area contributed by atoms with Gasteiger partial charge in [0.15, 0.2) is 0 Å². The fraction of sp³-hybridized carbons (Fsp3) is 0.867. The van der Waals surface area contributed by atoms with Crippen molar-refractivity contribution in [1.29, 1.82) is 0 Å². The molecule has 2 amide bonds. The standard InChI is InChI=1S/C15H26N2O3/c1-10(2)9-20-8-4-7-17-11(3)14(18)16-13(15(17)19)12-5-6-12/h10-13H,4-9H2,1-3H3,(H,16,18). The van der Waals surface area contributed by atoms with Crippen molar-refractivity contribution < 1.29 is 14.3 Å². The van der Waals surface area contributed by atoms with Gasteiger partial charge in [0.25, 0.3) is 0 Å². The topological polar surface area (TPSA) is 58.6 Å². The van der Waals surface area contributed by atoms with Crippen LogP contribution < -0.4 is 5.32 Å². The summed E-state index contributed by atoms with van der Waals surface area (Å²) in [6, 6.07) is -0.641. The second kappa shape index (κ2) is 6.57. The molecule has 2 atom stereocenters. The molecular formula is C15H26N2O3. The lowest BCUT2D eigenvalue weighted by Gasteiger charge is -2.37. The van der Waals surface area contributed by atoms with Gasteiger partial charge in [-0.25, -0.2) is 0 Å². The number of hydrogen-bond donors (Lipinski definition) is 1. The molecule has 20 heavy (non-hydrogen) atoms. The van der Waals surface area contributed by atoms with Crippen LogP contribution in [0.15, 0.2) is 0 Å². The first-order valence-corrected chi connectivity index (χ1v) is 7.69. The number of piperazine rings is 1. The Labute approximate surface area is 121 Å². The summed E-state index contributed by atoms with van der Waals surface area (Å²) in [6.07, 6.45) is 2.89. The number of rotatable bonds is 7. The molecule has 1 aliphatic carbocycles. The van der Waals surface area contributed by atoms with Gasteiger partial charge in [-0.2, -0.15) is 0 Å². The maximum atomic E-state index is 12.4. The summed E-state index contributed by atoms with van der Waals surface area (Å²) in [7, 11) is 0. The lowest BCUT2D eigenvalue weighted by molar-refractivity contribution is -0.149. The van der Waals surface area contributed by atoms with Crippen molar-refractivity contribution in [2.45, 2.75) is 52.1 Å². The van der Waals surface area contributed by atoms with Crippen molar-refractivity contribution in [1.82, 2.24) is 10.2 Å². The van der Waals surface area contributed by atoms with Crippen LogP contribution in [0, 0.1) is 11.8 Å². The molecule has 1 N–H and O–H groups in total. The number of nitrogens with zero attached hydrogens (tertiary/aromatic N) is 1. The van der Waals surface area contributed by atoms with Crippen LogP contribution in [0.1, 0.15) is 40.0 Å². The molecule has 1 aliphatic heterocycles. The van der Waals surface area contributed by atoms with Gasteiger partial charge < -0.3 is 15.0 Å². The van der Waals surface area contributed by atoms with Crippen molar-refractivity contribution in [3.05, 3.63) is 0 Å². The summed E-state index contributed by atoms with van der Waals surface area (Å²) >= 11 is 0. The number of amides is 2. The average molecular weight is 282 g/mol. The lowest BCUT2D eigenvalue weighted by Crippen LogP contribution is -2.63. The van der Waals surface area contributed by atoms with Crippen LogP contribution in [0.3, 0.4) is 0 Å². The van der Waals surface area contributed by atoms with Crippen LogP contribution in [0.25, 0.3) is 0 Å². The normalized spacial score (nSPS) is 27.1. The molecule has 1 saturated heterocycles. The van der Waals surface area contributed by atoms with Gasteiger partial charge in [-0.1, -0.05) is 13.8 Å². The average Bonchev–Trinajstić information content (AvgIpc) is 3.21. The number of carbonyl (C=O) groups excluding carboxylic acids is 2. The number of carbonyl (C=O) groups is 2. The van der Waals surface area contributed by atoms with E-state index in [1.807, 2.05) is 0 Å². The van der Waals surface area contributed by atoms with E-state index in [-0.39, 0.29) is 23.9 Å². The number of hydrogen-bond acceptors (Lipinski definition) is 3. The minimum absolute atomic E-state index is 0.0235. The second-order valence-electron chi connectivity index (χ2n) is 6.35. The zero-order chi connectivity index (χ0) is 14.7. The summed E-state index contributed by atoms with van der Waals surface area (Å²) in [6.45, 7) is 8.01. The zero-order valence-electron chi connectivity index (χ0n) is 12.7. The third-order valence-corrected chi connectivity index (χ3v) is 3.93. The summed E-state index contributed by atoms with van der Waals surface area (Å²) in [5, 5.41) is 2.86. The molecular weight excluding hydrogens is 256 g/mol. The first-order valence-electron chi connectivity index (χ1n) is 7.69. The molecule has 0 aromatic rings. The summed E-state index contributed by atoms with van der Waals surface area (Å²) in [5.74, 6) is 0.947. The van der Waals surface area contributed by atoms with Crippen molar-refractivity contribution in [2.75, 3.05) is 19.8 Å². The van der Waals surface area contributed by atoms with E-state index >= 15 is 0 Å². The molecule has 2 fully saturated rings. The maximum Gasteiger partial charge on any atom is 0.246 e. The molecule has 1 saturated carbocycles. The Morgan fingerprint density at radius 3 is 2.65 bits per heavy atom. The third-order valence-electron chi connectivity index (χ3n) is 3.93.